The van der Waals surface area contributed by atoms with E-state index in [4.69, 9.17) is 14.5 Å². The molecule has 2 aromatic carbocycles. The van der Waals surface area contributed by atoms with Crippen molar-refractivity contribution >= 4 is 0 Å². The molecule has 0 unspecified atom stereocenters. The minimum Gasteiger partial charge on any atom is -0.497 e. The largest absolute Gasteiger partial charge is 0.497 e. The van der Waals surface area contributed by atoms with Gasteiger partial charge in [-0.25, -0.2) is 0 Å². The number of hydrogen-bond acceptors (Lipinski definition) is 3. The highest BCUT2D eigenvalue weighted by atomic mass is 16.5. The van der Waals surface area contributed by atoms with Crippen LogP contribution < -0.4 is 4.74 Å². The Morgan fingerprint density at radius 2 is 1.54 bits per heavy atom. The molecule has 1 aromatic heterocycles. The zero-order chi connectivity index (χ0) is 24.3. The minimum absolute atomic E-state index is 0.667. The van der Waals surface area contributed by atoms with Gasteiger partial charge in [-0.3, -0.25) is 4.98 Å². The lowest BCUT2D eigenvalue weighted by atomic mass is 9.79. The molecule has 1 aliphatic carbocycles. The monoisotopic (exact) mass is 471 g/mol. The van der Waals surface area contributed by atoms with Gasteiger partial charge in [0.2, 0.25) is 0 Å². The van der Waals surface area contributed by atoms with Crippen LogP contribution in [0.25, 0.3) is 11.3 Å². The van der Waals surface area contributed by atoms with Crippen LogP contribution in [0.5, 0.6) is 5.75 Å². The van der Waals surface area contributed by atoms with E-state index in [1.807, 2.05) is 12.1 Å². The van der Waals surface area contributed by atoms with Crippen LogP contribution in [-0.4, -0.2) is 18.7 Å². The van der Waals surface area contributed by atoms with Gasteiger partial charge in [0.1, 0.15) is 5.75 Å². The van der Waals surface area contributed by atoms with E-state index >= 15 is 0 Å². The Hall–Kier alpha value is -2.65. The van der Waals surface area contributed by atoms with Gasteiger partial charge >= 0.3 is 0 Å². The molecular weight excluding hydrogens is 430 g/mol. The molecule has 0 aliphatic heterocycles. The number of benzene rings is 2. The molecule has 0 radical (unpaired) electrons. The highest BCUT2D eigenvalue weighted by Gasteiger charge is 2.22. The first-order valence-electron chi connectivity index (χ1n) is 13.5. The smallest absolute Gasteiger partial charge is 0.118 e. The molecule has 0 atom stereocenters. The molecule has 0 N–H and O–H groups in total. The Balaban J connectivity index is 1.20. The molecule has 3 nitrogen and oxygen atoms in total. The maximum absolute atomic E-state index is 6.03. The van der Waals surface area contributed by atoms with Gasteiger partial charge in [0.15, 0.2) is 0 Å². The number of pyridine rings is 1. The summed E-state index contributed by atoms with van der Waals surface area (Å²) in [5, 5.41) is 0. The van der Waals surface area contributed by atoms with Gasteiger partial charge in [0, 0.05) is 18.4 Å². The molecular formula is C32H41NO2. The van der Waals surface area contributed by atoms with Crippen molar-refractivity contribution < 1.29 is 9.47 Å². The average Bonchev–Trinajstić information content (AvgIpc) is 2.92. The van der Waals surface area contributed by atoms with E-state index in [0.29, 0.717) is 18.4 Å². The van der Waals surface area contributed by atoms with Gasteiger partial charge in [-0.2, -0.15) is 0 Å². The SMILES string of the molecule is CCCCCCc1ccc(-c2ccc([C@H]3CC[C@H](COCc4ccc(OC)cc4)CC3)cc2)nc1. The molecule has 1 heterocycles. The Morgan fingerprint density at radius 3 is 2.20 bits per heavy atom. The van der Waals surface area contributed by atoms with Crippen LogP contribution in [0.3, 0.4) is 0 Å². The highest BCUT2D eigenvalue weighted by molar-refractivity contribution is 5.59. The second-order valence-electron chi connectivity index (χ2n) is 10.1. The van der Waals surface area contributed by atoms with E-state index in [1.165, 1.54) is 73.6 Å². The number of hydrogen-bond donors (Lipinski definition) is 0. The first-order chi connectivity index (χ1) is 17.2. The standard InChI is InChI=1S/C32H41NO2/c1-3-4-5-6-7-25-12-21-32(33-22-25)30-17-15-29(16-18-30)28-13-8-26(9-14-28)23-35-24-27-10-19-31(34-2)20-11-27/h10-12,15-22,26,28H,3-9,13-14,23-24H2,1-2H3/t26-,28-. The summed E-state index contributed by atoms with van der Waals surface area (Å²) in [4.78, 5) is 4.74. The van der Waals surface area contributed by atoms with Crippen molar-refractivity contribution in [3.05, 3.63) is 83.6 Å². The van der Waals surface area contributed by atoms with E-state index in [9.17, 15) is 0 Å². The fourth-order valence-electron chi connectivity index (χ4n) is 5.15. The van der Waals surface area contributed by atoms with E-state index in [2.05, 4.69) is 61.7 Å². The Kier molecular flexibility index (Phi) is 9.77. The zero-order valence-corrected chi connectivity index (χ0v) is 21.5. The Bertz CT molecular complexity index is 987. The van der Waals surface area contributed by atoms with Gasteiger partial charge in [0.25, 0.3) is 0 Å². The van der Waals surface area contributed by atoms with Crippen LogP contribution >= 0.6 is 0 Å². The summed E-state index contributed by atoms with van der Waals surface area (Å²) in [6, 6.07) is 21.7. The number of ether oxygens (including phenoxy) is 2. The lowest BCUT2D eigenvalue weighted by Crippen LogP contribution is -2.17. The van der Waals surface area contributed by atoms with Gasteiger partial charge in [0.05, 0.1) is 19.4 Å². The first kappa shape index (κ1) is 25.4. The fourth-order valence-corrected chi connectivity index (χ4v) is 5.15. The van der Waals surface area contributed by atoms with Crippen molar-refractivity contribution in [1.29, 1.82) is 0 Å². The topological polar surface area (TPSA) is 31.4 Å². The molecule has 1 aliphatic rings. The minimum atomic E-state index is 0.667. The predicted molar refractivity (Wildman–Crippen MR) is 145 cm³/mol. The van der Waals surface area contributed by atoms with E-state index in [1.54, 1.807) is 7.11 Å². The van der Waals surface area contributed by atoms with Crippen LogP contribution in [0.2, 0.25) is 0 Å². The van der Waals surface area contributed by atoms with E-state index < -0.39 is 0 Å². The highest BCUT2D eigenvalue weighted by Crippen LogP contribution is 2.36. The summed E-state index contributed by atoms with van der Waals surface area (Å²) < 4.78 is 11.3. The lowest BCUT2D eigenvalue weighted by molar-refractivity contribution is 0.0715. The van der Waals surface area contributed by atoms with Crippen LogP contribution in [-0.2, 0) is 17.8 Å². The van der Waals surface area contributed by atoms with Crippen molar-refractivity contribution in [3.8, 4) is 17.0 Å². The normalized spacial score (nSPS) is 17.9. The molecule has 3 heteroatoms. The molecule has 1 fully saturated rings. The van der Waals surface area contributed by atoms with Gasteiger partial charge in [-0.15, -0.1) is 0 Å². The summed E-state index contributed by atoms with van der Waals surface area (Å²) in [5.74, 6) is 2.23. The van der Waals surface area contributed by atoms with Crippen LogP contribution in [0.1, 0.15) is 80.9 Å². The lowest BCUT2D eigenvalue weighted by Gasteiger charge is -2.28. The number of rotatable bonds is 12. The van der Waals surface area contributed by atoms with Crippen molar-refractivity contribution in [3.63, 3.8) is 0 Å². The summed E-state index contributed by atoms with van der Waals surface area (Å²) in [5.41, 5.74) is 6.32. The molecule has 35 heavy (non-hydrogen) atoms. The summed E-state index contributed by atoms with van der Waals surface area (Å²) in [6.07, 6.45) is 13.4. The Morgan fingerprint density at radius 1 is 0.800 bits per heavy atom. The number of unbranched alkanes of at least 4 members (excludes halogenated alkanes) is 3. The van der Waals surface area contributed by atoms with Gasteiger partial charge in [-0.05, 0) is 85.3 Å². The van der Waals surface area contributed by atoms with Gasteiger partial charge in [-0.1, -0.05) is 68.7 Å². The second-order valence-corrected chi connectivity index (χ2v) is 10.1. The molecule has 3 aromatic rings. The summed E-state index contributed by atoms with van der Waals surface area (Å²) in [6.45, 7) is 3.80. The van der Waals surface area contributed by atoms with Crippen molar-refractivity contribution in [2.75, 3.05) is 13.7 Å². The van der Waals surface area contributed by atoms with Crippen molar-refractivity contribution in [2.45, 2.75) is 77.2 Å². The maximum atomic E-state index is 6.03. The number of aryl methyl sites for hydroxylation is 1. The Labute approximate surface area is 211 Å². The third-order valence-corrected chi connectivity index (χ3v) is 7.45. The average molecular weight is 472 g/mol. The van der Waals surface area contributed by atoms with Crippen LogP contribution in [0, 0.1) is 5.92 Å². The van der Waals surface area contributed by atoms with Crippen LogP contribution in [0.15, 0.2) is 66.9 Å². The molecule has 0 bridgehead atoms. The number of aromatic nitrogens is 1. The predicted octanol–water partition coefficient (Wildman–Crippen LogP) is 8.37. The molecule has 1 saturated carbocycles. The number of methoxy groups -OCH3 is 1. The van der Waals surface area contributed by atoms with E-state index in [0.717, 1.165) is 24.5 Å². The molecule has 0 spiro atoms. The second kappa shape index (κ2) is 13.4. The quantitative estimate of drug-likeness (QED) is 0.249. The zero-order valence-electron chi connectivity index (χ0n) is 21.5. The van der Waals surface area contributed by atoms with Crippen LogP contribution in [0.4, 0.5) is 0 Å². The fraction of sp³-hybridized carbons (Fsp3) is 0.469. The third kappa shape index (κ3) is 7.67. The first-order valence-corrected chi connectivity index (χ1v) is 13.5. The van der Waals surface area contributed by atoms with Gasteiger partial charge < -0.3 is 9.47 Å². The number of nitrogens with zero attached hydrogens (tertiary/aromatic N) is 1. The maximum Gasteiger partial charge on any atom is 0.118 e. The molecule has 0 saturated heterocycles. The molecule has 0 amide bonds. The molecule has 4 rings (SSSR count). The summed E-state index contributed by atoms with van der Waals surface area (Å²) in [7, 11) is 1.70. The van der Waals surface area contributed by atoms with E-state index in [-0.39, 0.29) is 0 Å². The van der Waals surface area contributed by atoms with Crippen molar-refractivity contribution in [1.82, 2.24) is 4.98 Å². The summed E-state index contributed by atoms with van der Waals surface area (Å²) >= 11 is 0. The third-order valence-electron chi connectivity index (χ3n) is 7.45. The molecule has 186 valence electrons. The van der Waals surface area contributed by atoms with Crippen molar-refractivity contribution in [2.24, 2.45) is 5.92 Å².